The Labute approximate surface area is 123 Å². The normalized spacial score (nSPS) is 20.0. The maximum atomic E-state index is 11.7. The van der Waals surface area contributed by atoms with Crippen molar-refractivity contribution in [1.82, 2.24) is 14.5 Å². The summed E-state index contributed by atoms with van der Waals surface area (Å²) in [6.07, 6.45) is 7.85. The molecule has 1 N–H and O–H groups in total. The van der Waals surface area contributed by atoms with Crippen LogP contribution in [-0.4, -0.2) is 19.9 Å². The summed E-state index contributed by atoms with van der Waals surface area (Å²) >= 11 is 0. The van der Waals surface area contributed by atoms with E-state index in [9.17, 15) is 9.00 Å². The van der Waals surface area contributed by atoms with Gasteiger partial charge in [-0.15, -0.1) is 0 Å². The van der Waals surface area contributed by atoms with Gasteiger partial charge >= 0.3 is 0 Å². The maximum absolute atomic E-state index is 11.7. The molecule has 0 saturated carbocycles. The van der Waals surface area contributed by atoms with E-state index in [1.54, 1.807) is 6.20 Å². The van der Waals surface area contributed by atoms with Gasteiger partial charge in [0.1, 0.15) is 0 Å². The third-order valence-corrected chi connectivity index (χ3v) is 4.65. The van der Waals surface area contributed by atoms with Gasteiger partial charge in [-0.1, -0.05) is 30.3 Å². The number of hydrogen-bond acceptors (Lipinski definition) is 3. The molecule has 0 radical (unpaired) electrons. The molecule has 1 unspecified atom stereocenters. The number of amides is 1. The lowest BCUT2D eigenvalue weighted by Gasteiger charge is -1.99. The zero-order valence-electron chi connectivity index (χ0n) is 10.9. The summed E-state index contributed by atoms with van der Waals surface area (Å²) in [5.74, 6) is -0.354. The molecule has 2 aliphatic rings. The summed E-state index contributed by atoms with van der Waals surface area (Å²) in [4.78, 5) is 11.2. The zero-order chi connectivity index (χ0) is 14.4. The fourth-order valence-corrected chi connectivity index (χ4v) is 3.39. The van der Waals surface area contributed by atoms with Crippen LogP contribution >= 0.6 is 0 Å². The van der Waals surface area contributed by atoms with Crippen LogP contribution in [0, 0.1) is 0 Å². The van der Waals surface area contributed by atoms with Crippen LogP contribution in [0.5, 0.6) is 0 Å². The van der Waals surface area contributed by atoms with E-state index in [2.05, 4.69) is 28.0 Å². The number of allylic oxidation sites excluding steroid dienone is 1. The third-order valence-electron chi connectivity index (χ3n) is 3.58. The molecule has 2 heterocycles. The van der Waals surface area contributed by atoms with Crippen molar-refractivity contribution in [1.29, 1.82) is 0 Å². The van der Waals surface area contributed by atoms with Crippen molar-refractivity contribution in [3.63, 3.8) is 0 Å². The van der Waals surface area contributed by atoms with Crippen LogP contribution in [0.3, 0.4) is 0 Å². The van der Waals surface area contributed by atoms with E-state index in [1.807, 2.05) is 18.3 Å². The molecule has 5 nitrogen and oxygen atoms in total. The average Bonchev–Trinajstić information content (AvgIpc) is 3.15. The van der Waals surface area contributed by atoms with E-state index in [-0.39, 0.29) is 5.91 Å². The highest BCUT2D eigenvalue weighted by Gasteiger charge is 2.23. The van der Waals surface area contributed by atoms with Gasteiger partial charge < -0.3 is 0 Å². The number of nitrogens with zero attached hydrogens (tertiary/aromatic N) is 2. The Morgan fingerprint density at radius 1 is 1.24 bits per heavy atom. The molecule has 21 heavy (non-hydrogen) atoms. The molecular formula is C15H11N3O2S. The van der Waals surface area contributed by atoms with Crippen molar-refractivity contribution < 1.29 is 9.00 Å². The summed E-state index contributed by atoms with van der Waals surface area (Å²) in [6.45, 7) is 0. The van der Waals surface area contributed by atoms with Gasteiger partial charge in [-0.05, 0) is 23.1 Å². The minimum Gasteiger partial charge on any atom is -0.269 e. The summed E-state index contributed by atoms with van der Waals surface area (Å²) in [5, 5.41) is 4.58. The van der Waals surface area contributed by atoms with E-state index < -0.39 is 11.0 Å². The van der Waals surface area contributed by atoms with Gasteiger partial charge in [-0.3, -0.25) is 9.52 Å². The van der Waals surface area contributed by atoms with Gasteiger partial charge in [0.25, 0.3) is 5.91 Å². The minimum atomic E-state index is -1.53. The van der Waals surface area contributed by atoms with Crippen molar-refractivity contribution in [3.8, 4) is 0 Å². The average molecular weight is 297 g/mol. The molecule has 1 aliphatic heterocycles. The van der Waals surface area contributed by atoms with E-state index in [1.165, 1.54) is 27.5 Å². The first-order chi connectivity index (χ1) is 10.2. The fourth-order valence-electron chi connectivity index (χ4n) is 2.56. The Bertz CT molecular complexity index is 848. The molecule has 1 atom stereocenters. The molecule has 0 saturated heterocycles. The predicted octanol–water partition coefficient (Wildman–Crippen LogP) is 1.57. The van der Waals surface area contributed by atoms with Gasteiger partial charge in [0.05, 0.1) is 6.20 Å². The topological polar surface area (TPSA) is 64.0 Å². The largest absolute Gasteiger partial charge is 0.269 e. The molecule has 0 bridgehead atoms. The van der Waals surface area contributed by atoms with Crippen molar-refractivity contribution >= 4 is 33.6 Å². The SMILES string of the molecule is O=C1C=C(n2cc(C3=Cc4ccccc4C3)cn2)S(=O)N1. The molecule has 1 aromatic heterocycles. The van der Waals surface area contributed by atoms with Crippen LogP contribution < -0.4 is 4.72 Å². The Balaban J connectivity index is 1.67. The van der Waals surface area contributed by atoms with Gasteiger partial charge in [-0.25, -0.2) is 8.89 Å². The Morgan fingerprint density at radius 2 is 2.10 bits per heavy atom. The number of nitrogens with one attached hydrogen (secondary N) is 1. The summed E-state index contributed by atoms with van der Waals surface area (Å²) < 4.78 is 15.5. The second-order valence-electron chi connectivity index (χ2n) is 4.94. The Morgan fingerprint density at radius 3 is 2.86 bits per heavy atom. The van der Waals surface area contributed by atoms with Crippen molar-refractivity contribution in [2.75, 3.05) is 0 Å². The van der Waals surface area contributed by atoms with E-state index in [0.29, 0.717) is 5.03 Å². The van der Waals surface area contributed by atoms with Gasteiger partial charge in [0.2, 0.25) is 0 Å². The van der Waals surface area contributed by atoms with Gasteiger partial charge in [0, 0.05) is 17.8 Å². The number of hydrogen-bond donors (Lipinski definition) is 1. The lowest BCUT2D eigenvalue weighted by Crippen LogP contribution is -2.17. The lowest BCUT2D eigenvalue weighted by molar-refractivity contribution is -0.114. The van der Waals surface area contributed by atoms with Crippen molar-refractivity contribution in [2.24, 2.45) is 0 Å². The highest BCUT2D eigenvalue weighted by Crippen LogP contribution is 2.31. The van der Waals surface area contributed by atoms with Gasteiger partial charge in [-0.2, -0.15) is 5.10 Å². The second kappa shape index (κ2) is 4.53. The van der Waals surface area contributed by atoms with Crippen LogP contribution in [0.2, 0.25) is 0 Å². The molecule has 1 aromatic carbocycles. The van der Waals surface area contributed by atoms with Crippen LogP contribution in [0.25, 0.3) is 16.7 Å². The molecule has 4 rings (SSSR count). The summed E-state index contributed by atoms with van der Waals surface area (Å²) in [6, 6.07) is 8.25. The summed E-state index contributed by atoms with van der Waals surface area (Å²) in [5.41, 5.74) is 4.66. The molecule has 104 valence electrons. The smallest absolute Gasteiger partial charge is 0.258 e. The number of aromatic nitrogens is 2. The van der Waals surface area contributed by atoms with Crippen LogP contribution in [-0.2, 0) is 22.2 Å². The van der Waals surface area contributed by atoms with Crippen LogP contribution in [0.1, 0.15) is 16.7 Å². The lowest BCUT2D eigenvalue weighted by atomic mass is 10.1. The Hall–Kier alpha value is -2.47. The van der Waals surface area contributed by atoms with E-state index in [0.717, 1.165) is 12.0 Å². The Kier molecular flexibility index (Phi) is 2.65. The first-order valence-electron chi connectivity index (χ1n) is 6.49. The number of rotatable bonds is 2. The molecule has 6 heteroatoms. The summed E-state index contributed by atoms with van der Waals surface area (Å²) in [7, 11) is -1.53. The number of carbonyl (C=O) groups excluding carboxylic acids is 1. The molecule has 2 aromatic rings. The van der Waals surface area contributed by atoms with Crippen molar-refractivity contribution in [2.45, 2.75) is 6.42 Å². The fraction of sp³-hybridized carbons (Fsp3) is 0.0667. The third kappa shape index (κ3) is 2.04. The van der Waals surface area contributed by atoms with Crippen LogP contribution in [0.4, 0.5) is 0 Å². The van der Waals surface area contributed by atoms with Gasteiger partial charge in [0.15, 0.2) is 16.0 Å². The van der Waals surface area contributed by atoms with E-state index >= 15 is 0 Å². The molecule has 0 fully saturated rings. The predicted molar refractivity (Wildman–Crippen MR) is 80.8 cm³/mol. The number of benzene rings is 1. The second-order valence-corrected chi connectivity index (χ2v) is 6.10. The highest BCUT2D eigenvalue weighted by atomic mass is 32.2. The highest BCUT2D eigenvalue weighted by molar-refractivity contribution is 7.93. The van der Waals surface area contributed by atoms with Crippen molar-refractivity contribution in [3.05, 3.63) is 59.4 Å². The molecule has 1 aliphatic carbocycles. The molecule has 0 spiro atoms. The monoisotopic (exact) mass is 297 g/mol. The van der Waals surface area contributed by atoms with E-state index in [4.69, 9.17) is 0 Å². The van der Waals surface area contributed by atoms with Crippen LogP contribution in [0.15, 0.2) is 42.7 Å². The maximum Gasteiger partial charge on any atom is 0.258 e. The molecule has 1 amide bonds. The number of fused-ring (bicyclic) bond motifs is 1. The first-order valence-corrected chi connectivity index (χ1v) is 7.64. The standard InChI is InChI=1S/C15H11N3O2S/c19-14-7-15(21(20)17-14)18-9-13(8-16-18)12-5-10-3-1-2-4-11(10)6-12/h1-5,7-9H,6H2,(H,17,19). The number of carbonyl (C=O) groups is 1. The first kappa shape index (κ1) is 12.3. The minimum absolute atomic E-state index is 0.354. The molecular weight excluding hydrogens is 286 g/mol. The quantitative estimate of drug-likeness (QED) is 0.915. The zero-order valence-corrected chi connectivity index (χ0v) is 11.8.